The summed E-state index contributed by atoms with van der Waals surface area (Å²) in [5.74, 6) is -0.993. The van der Waals surface area contributed by atoms with E-state index in [1.54, 1.807) is 30.4 Å². The van der Waals surface area contributed by atoms with Crippen molar-refractivity contribution in [2.45, 2.75) is 6.42 Å². The number of anilines is 3. The SMILES string of the molecule is N#CC=C1CNc2ccc(Nc3nc(N=C4C=CCC(CS(N)(=O)=O)=C4)ncc3F)cc21. The molecule has 0 spiro atoms. The van der Waals surface area contributed by atoms with Gasteiger partial charge in [-0.1, -0.05) is 6.08 Å². The quantitative estimate of drug-likeness (QED) is 0.592. The maximum Gasteiger partial charge on any atom is 0.252 e. The normalized spacial score (nSPS) is 17.6. The molecule has 0 radical (unpaired) electrons. The van der Waals surface area contributed by atoms with Crippen LogP contribution in [0.5, 0.6) is 0 Å². The van der Waals surface area contributed by atoms with Gasteiger partial charge in [-0.3, -0.25) is 0 Å². The van der Waals surface area contributed by atoms with Crippen molar-refractivity contribution in [3.05, 3.63) is 65.7 Å². The van der Waals surface area contributed by atoms with Crippen LogP contribution in [-0.2, 0) is 10.0 Å². The molecule has 11 heteroatoms. The molecule has 1 aromatic carbocycles. The Morgan fingerprint density at radius 1 is 1.41 bits per heavy atom. The first kappa shape index (κ1) is 21.4. The van der Waals surface area contributed by atoms with Crippen LogP contribution < -0.4 is 15.8 Å². The minimum absolute atomic E-state index is 0.00884. The van der Waals surface area contributed by atoms with Gasteiger partial charge in [0, 0.05) is 29.6 Å². The molecule has 1 aliphatic carbocycles. The number of allylic oxidation sites excluding steroid dienone is 4. The van der Waals surface area contributed by atoms with Crippen LogP contribution >= 0.6 is 0 Å². The zero-order chi connectivity index (χ0) is 22.7. The molecule has 0 unspecified atom stereocenters. The van der Waals surface area contributed by atoms with Crippen molar-refractivity contribution in [2.75, 3.05) is 22.9 Å². The average Bonchev–Trinajstić information content (AvgIpc) is 3.12. The zero-order valence-corrected chi connectivity index (χ0v) is 17.5. The number of hydrogen-bond donors (Lipinski definition) is 3. The minimum atomic E-state index is -3.65. The number of aliphatic imine (C=N–C) groups is 1. The third-order valence-electron chi connectivity index (χ3n) is 4.70. The van der Waals surface area contributed by atoms with Gasteiger partial charge in [0.2, 0.25) is 10.0 Å². The molecule has 0 amide bonds. The van der Waals surface area contributed by atoms with Gasteiger partial charge in [-0.05, 0) is 47.9 Å². The third-order valence-corrected chi connectivity index (χ3v) is 5.48. The Balaban J connectivity index is 1.59. The molecule has 1 aromatic heterocycles. The maximum atomic E-state index is 14.3. The third kappa shape index (κ3) is 5.05. The molecule has 162 valence electrons. The van der Waals surface area contributed by atoms with Gasteiger partial charge in [0.1, 0.15) is 0 Å². The molecule has 0 atom stereocenters. The minimum Gasteiger partial charge on any atom is -0.380 e. The summed E-state index contributed by atoms with van der Waals surface area (Å²) >= 11 is 0. The van der Waals surface area contributed by atoms with Crippen molar-refractivity contribution in [1.29, 1.82) is 5.26 Å². The first-order chi connectivity index (χ1) is 15.3. The topological polar surface area (TPSA) is 146 Å². The largest absolute Gasteiger partial charge is 0.380 e. The van der Waals surface area contributed by atoms with E-state index in [1.807, 2.05) is 12.1 Å². The summed E-state index contributed by atoms with van der Waals surface area (Å²) in [5, 5.41) is 20.1. The number of nitrogens with zero attached hydrogens (tertiary/aromatic N) is 4. The molecule has 32 heavy (non-hydrogen) atoms. The number of nitrogens with one attached hydrogen (secondary N) is 2. The monoisotopic (exact) mass is 451 g/mol. The number of nitrogens with two attached hydrogens (primary N) is 1. The highest BCUT2D eigenvalue weighted by molar-refractivity contribution is 7.89. The molecular formula is C21H18FN7O2S. The van der Waals surface area contributed by atoms with Crippen LogP contribution in [0.25, 0.3) is 5.57 Å². The van der Waals surface area contributed by atoms with E-state index in [1.165, 1.54) is 6.08 Å². The molecule has 2 aromatic rings. The van der Waals surface area contributed by atoms with Gasteiger partial charge in [0.05, 0.1) is 23.7 Å². The molecule has 2 heterocycles. The number of rotatable bonds is 5. The van der Waals surface area contributed by atoms with Crippen molar-refractivity contribution in [1.82, 2.24) is 9.97 Å². The van der Waals surface area contributed by atoms with E-state index < -0.39 is 15.8 Å². The number of hydrogen-bond acceptors (Lipinski definition) is 8. The van der Waals surface area contributed by atoms with Gasteiger partial charge in [-0.25, -0.2) is 27.9 Å². The summed E-state index contributed by atoms with van der Waals surface area (Å²) in [6.07, 6.45) is 7.97. The summed E-state index contributed by atoms with van der Waals surface area (Å²) in [7, 11) is -3.65. The summed E-state index contributed by atoms with van der Waals surface area (Å²) in [6.45, 7) is 0.546. The Morgan fingerprint density at radius 2 is 2.25 bits per heavy atom. The summed E-state index contributed by atoms with van der Waals surface area (Å²) < 4.78 is 37.0. The Hall–Kier alpha value is -3.88. The molecule has 2 aliphatic rings. The summed E-state index contributed by atoms with van der Waals surface area (Å²) in [6, 6.07) is 7.42. The van der Waals surface area contributed by atoms with Gasteiger partial charge in [-0.2, -0.15) is 10.2 Å². The molecule has 4 rings (SSSR count). The van der Waals surface area contributed by atoms with E-state index in [4.69, 9.17) is 10.4 Å². The standard InChI is InChI=1S/C21H18FN7O2S/c22-18-11-26-21(28-15-3-1-2-13(8-15)12-32(24,30)31)29-20(18)27-16-4-5-19-17(9-16)14(6-7-23)10-25-19/h1,3-6,8-9,11,25H,2,10,12H2,(H2,24,30,31)(H,26,27,29). The second-order valence-corrected chi connectivity index (χ2v) is 8.77. The second-order valence-electron chi connectivity index (χ2n) is 7.16. The number of fused-ring (bicyclic) bond motifs is 1. The molecular weight excluding hydrogens is 433 g/mol. The van der Waals surface area contributed by atoms with Gasteiger partial charge >= 0.3 is 0 Å². The molecule has 1 aliphatic heterocycles. The molecule has 0 saturated carbocycles. The van der Waals surface area contributed by atoms with Crippen LogP contribution in [0.4, 0.5) is 27.5 Å². The summed E-state index contributed by atoms with van der Waals surface area (Å²) in [4.78, 5) is 12.3. The fraction of sp³-hybridized carbons (Fsp3) is 0.143. The molecule has 0 fully saturated rings. The van der Waals surface area contributed by atoms with E-state index in [-0.39, 0.29) is 17.5 Å². The van der Waals surface area contributed by atoms with Crippen LogP contribution in [0.15, 0.2) is 59.3 Å². The number of nitriles is 1. The maximum absolute atomic E-state index is 14.3. The van der Waals surface area contributed by atoms with Crippen molar-refractivity contribution in [3.63, 3.8) is 0 Å². The van der Waals surface area contributed by atoms with Crippen molar-refractivity contribution in [2.24, 2.45) is 10.1 Å². The fourth-order valence-electron chi connectivity index (χ4n) is 3.36. The molecule has 9 nitrogen and oxygen atoms in total. The second kappa shape index (κ2) is 8.70. The number of sulfonamides is 1. The van der Waals surface area contributed by atoms with Crippen LogP contribution in [0.3, 0.4) is 0 Å². The lowest BCUT2D eigenvalue weighted by molar-refractivity contribution is 0.599. The molecule has 0 bridgehead atoms. The Kier molecular flexibility index (Phi) is 5.81. The van der Waals surface area contributed by atoms with E-state index in [2.05, 4.69) is 25.6 Å². The van der Waals surface area contributed by atoms with Crippen molar-refractivity contribution in [3.8, 4) is 6.07 Å². The highest BCUT2D eigenvalue weighted by Crippen LogP contribution is 2.33. The van der Waals surface area contributed by atoms with E-state index in [0.29, 0.717) is 29.9 Å². The zero-order valence-electron chi connectivity index (χ0n) is 16.7. The smallest absolute Gasteiger partial charge is 0.252 e. The molecule has 0 saturated heterocycles. The molecule has 4 N–H and O–H groups in total. The highest BCUT2D eigenvalue weighted by atomic mass is 32.2. The Morgan fingerprint density at radius 3 is 3.03 bits per heavy atom. The van der Waals surface area contributed by atoms with Gasteiger partial charge in [0.15, 0.2) is 11.6 Å². The summed E-state index contributed by atoms with van der Waals surface area (Å²) in [5.41, 5.74) is 4.18. The average molecular weight is 451 g/mol. The van der Waals surface area contributed by atoms with Crippen LogP contribution in [-0.4, -0.2) is 36.4 Å². The van der Waals surface area contributed by atoms with E-state index in [0.717, 1.165) is 23.0 Å². The number of halogens is 1. The van der Waals surface area contributed by atoms with E-state index in [9.17, 15) is 12.8 Å². The number of primary sulfonamides is 1. The number of aromatic nitrogens is 2. The predicted octanol–water partition coefficient (Wildman–Crippen LogP) is 2.94. The van der Waals surface area contributed by atoms with Gasteiger partial charge in [-0.15, -0.1) is 0 Å². The van der Waals surface area contributed by atoms with Crippen LogP contribution in [0.2, 0.25) is 0 Å². The lowest BCUT2D eigenvalue weighted by Gasteiger charge is -2.10. The Labute approximate surface area is 184 Å². The number of benzene rings is 1. The first-order valence-electron chi connectivity index (χ1n) is 9.52. The van der Waals surface area contributed by atoms with Crippen molar-refractivity contribution < 1.29 is 12.8 Å². The Bertz CT molecular complexity index is 1350. The van der Waals surface area contributed by atoms with Crippen LogP contribution in [0, 0.1) is 17.1 Å². The van der Waals surface area contributed by atoms with Gasteiger partial charge in [0.25, 0.3) is 5.95 Å². The first-order valence-corrected chi connectivity index (χ1v) is 11.2. The lowest BCUT2D eigenvalue weighted by atomic mass is 10.1. The van der Waals surface area contributed by atoms with Crippen molar-refractivity contribution >= 4 is 44.4 Å². The van der Waals surface area contributed by atoms with Gasteiger partial charge < -0.3 is 10.6 Å². The van der Waals surface area contributed by atoms with E-state index >= 15 is 0 Å². The highest BCUT2D eigenvalue weighted by Gasteiger charge is 2.17. The fourth-order valence-corrected chi connectivity index (χ4v) is 4.08. The lowest BCUT2D eigenvalue weighted by Crippen LogP contribution is -2.19. The predicted molar refractivity (Wildman–Crippen MR) is 121 cm³/mol. The van der Waals surface area contributed by atoms with Crippen LogP contribution in [0.1, 0.15) is 12.0 Å².